The van der Waals surface area contributed by atoms with Gasteiger partial charge >= 0.3 is 0 Å². The minimum atomic E-state index is 0.471. The van der Waals surface area contributed by atoms with Crippen LogP contribution in [-0.2, 0) is 0 Å². The first-order valence-corrected chi connectivity index (χ1v) is 13.0. The van der Waals surface area contributed by atoms with Gasteiger partial charge in [0.1, 0.15) is 0 Å². The highest BCUT2D eigenvalue weighted by molar-refractivity contribution is 7.19. The zero-order valence-electron chi connectivity index (χ0n) is 18.6. The van der Waals surface area contributed by atoms with Crippen molar-refractivity contribution in [1.29, 1.82) is 0 Å². The molecule has 3 aromatic rings. The van der Waals surface area contributed by atoms with E-state index < -0.39 is 0 Å². The highest BCUT2D eigenvalue weighted by Gasteiger charge is 2.23. The molecule has 2 aliphatic rings. The van der Waals surface area contributed by atoms with E-state index in [4.69, 9.17) is 21.6 Å². The van der Waals surface area contributed by atoms with Gasteiger partial charge in [-0.25, -0.2) is 15.0 Å². The van der Waals surface area contributed by atoms with E-state index in [1.165, 1.54) is 44.9 Å². The minimum Gasteiger partial charge on any atom is -0.351 e. The zero-order chi connectivity index (χ0) is 21.9. The van der Waals surface area contributed by atoms with E-state index in [2.05, 4.69) is 28.2 Å². The van der Waals surface area contributed by atoms with Gasteiger partial charge < -0.3 is 10.2 Å². The van der Waals surface area contributed by atoms with Gasteiger partial charge in [-0.05, 0) is 49.8 Å². The highest BCUT2D eigenvalue weighted by atomic mass is 35.5. The molecular formula is C25H30ClN5S. The van der Waals surface area contributed by atoms with E-state index in [1.807, 2.05) is 30.5 Å². The quantitative estimate of drug-likeness (QED) is 0.442. The molecular weight excluding hydrogens is 438 g/mol. The molecule has 7 heteroatoms. The van der Waals surface area contributed by atoms with Gasteiger partial charge in [-0.15, -0.1) is 0 Å². The summed E-state index contributed by atoms with van der Waals surface area (Å²) in [5.41, 5.74) is 2.90. The number of aromatic nitrogens is 3. The molecule has 1 aromatic carbocycles. The maximum absolute atomic E-state index is 6.33. The molecule has 0 atom stereocenters. The third-order valence-corrected chi connectivity index (χ3v) is 7.97. The molecule has 1 aliphatic carbocycles. The average Bonchev–Trinajstić information content (AvgIpc) is 3.26. The number of nitrogens with zero attached hydrogens (tertiary/aromatic N) is 4. The predicted octanol–water partition coefficient (Wildman–Crippen LogP) is 6.90. The van der Waals surface area contributed by atoms with Crippen LogP contribution < -0.4 is 10.2 Å². The Labute approximate surface area is 199 Å². The first-order chi connectivity index (χ1) is 15.7. The van der Waals surface area contributed by atoms with Crippen LogP contribution >= 0.6 is 22.9 Å². The fraction of sp³-hybridized carbons (Fsp3) is 0.480. The lowest BCUT2D eigenvalue weighted by Crippen LogP contribution is -2.32. The number of rotatable bonds is 5. The SMILES string of the molecule is CC1CCN(c2nc(-c3cccc(Cl)c3)c(-c3ccnc(NC4CCCCC4)n3)s2)CC1. The number of halogens is 1. The molecule has 1 aliphatic heterocycles. The molecule has 0 radical (unpaired) electrons. The van der Waals surface area contributed by atoms with Crippen LogP contribution in [0.5, 0.6) is 0 Å². The summed E-state index contributed by atoms with van der Waals surface area (Å²) < 4.78 is 0. The van der Waals surface area contributed by atoms with E-state index >= 15 is 0 Å². The van der Waals surface area contributed by atoms with Crippen LogP contribution in [0.3, 0.4) is 0 Å². The maximum atomic E-state index is 6.33. The van der Waals surface area contributed by atoms with Crippen LogP contribution in [0.4, 0.5) is 11.1 Å². The van der Waals surface area contributed by atoms with Gasteiger partial charge in [-0.1, -0.05) is 61.3 Å². The van der Waals surface area contributed by atoms with Gasteiger partial charge in [0, 0.05) is 35.9 Å². The monoisotopic (exact) mass is 467 g/mol. The van der Waals surface area contributed by atoms with Crippen molar-refractivity contribution >= 4 is 34.0 Å². The van der Waals surface area contributed by atoms with Crippen molar-refractivity contribution in [2.75, 3.05) is 23.3 Å². The Bertz CT molecular complexity index is 1050. The number of hydrogen-bond donors (Lipinski definition) is 1. The second-order valence-corrected chi connectivity index (χ2v) is 10.5. The van der Waals surface area contributed by atoms with E-state index in [0.29, 0.717) is 12.0 Å². The zero-order valence-corrected chi connectivity index (χ0v) is 20.1. The lowest BCUT2D eigenvalue weighted by molar-refractivity contribution is 0.438. The van der Waals surface area contributed by atoms with E-state index in [9.17, 15) is 0 Å². The van der Waals surface area contributed by atoms with Gasteiger partial charge in [0.05, 0.1) is 16.3 Å². The lowest BCUT2D eigenvalue weighted by atomic mass is 9.96. The summed E-state index contributed by atoms with van der Waals surface area (Å²) in [4.78, 5) is 18.0. The van der Waals surface area contributed by atoms with Crippen LogP contribution in [0.15, 0.2) is 36.5 Å². The Morgan fingerprint density at radius 1 is 1.03 bits per heavy atom. The summed E-state index contributed by atoms with van der Waals surface area (Å²) in [6.45, 7) is 4.45. The lowest BCUT2D eigenvalue weighted by Gasteiger charge is -2.29. The maximum Gasteiger partial charge on any atom is 0.223 e. The number of benzene rings is 1. The van der Waals surface area contributed by atoms with Crippen LogP contribution in [-0.4, -0.2) is 34.1 Å². The molecule has 0 amide bonds. The third kappa shape index (κ3) is 4.91. The van der Waals surface area contributed by atoms with Crippen LogP contribution in [0.1, 0.15) is 51.9 Å². The summed E-state index contributed by atoms with van der Waals surface area (Å²) in [7, 11) is 0. The smallest absolute Gasteiger partial charge is 0.223 e. The molecule has 168 valence electrons. The topological polar surface area (TPSA) is 53.9 Å². The molecule has 1 saturated carbocycles. The van der Waals surface area contributed by atoms with Crippen LogP contribution in [0.25, 0.3) is 21.8 Å². The first-order valence-electron chi connectivity index (χ1n) is 11.8. The molecule has 0 spiro atoms. The Morgan fingerprint density at radius 3 is 2.62 bits per heavy atom. The Morgan fingerprint density at radius 2 is 1.84 bits per heavy atom. The number of hydrogen-bond acceptors (Lipinski definition) is 6. The molecule has 2 aromatic heterocycles. The first kappa shape index (κ1) is 21.7. The van der Waals surface area contributed by atoms with Gasteiger partial charge in [-0.2, -0.15) is 0 Å². The van der Waals surface area contributed by atoms with Gasteiger partial charge in [-0.3, -0.25) is 0 Å². The van der Waals surface area contributed by atoms with Gasteiger partial charge in [0.25, 0.3) is 0 Å². The molecule has 1 N–H and O–H groups in total. The van der Waals surface area contributed by atoms with Crippen LogP contribution in [0, 0.1) is 5.92 Å². The summed E-state index contributed by atoms with van der Waals surface area (Å²) in [5.74, 6) is 1.50. The molecule has 2 fully saturated rings. The number of anilines is 2. The van der Waals surface area contributed by atoms with Crippen molar-refractivity contribution in [3.63, 3.8) is 0 Å². The molecule has 0 bridgehead atoms. The van der Waals surface area contributed by atoms with Crippen molar-refractivity contribution in [3.05, 3.63) is 41.6 Å². The summed E-state index contributed by atoms with van der Waals surface area (Å²) in [6, 6.07) is 10.4. The second kappa shape index (κ2) is 9.75. The largest absolute Gasteiger partial charge is 0.351 e. The summed E-state index contributed by atoms with van der Waals surface area (Å²) in [5, 5.41) is 5.36. The fourth-order valence-corrected chi connectivity index (χ4v) is 5.93. The minimum absolute atomic E-state index is 0.471. The van der Waals surface area contributed by atoms with Crippen molar-refractivity contribution < 1.29 is 0 Å². The van der Waals surface area contributed by atoms with Crippen molar-refractivity contribution in [3.8, 4) is 21.8 Å². The van der Waals surface area contributed by atoms with Crippen molar-refractivity contribution in [2.45, 2.75) is 57.9 Å². The van der Waals surface area contributed by atoms with Gasteiger partial charge in [0.15, 0.2) is 5.13 Å². The highest BCUT2D eigenvalue weighted by Crippen LogP contribution is 2.41. The molecule has 5 rings (SSSR count). The van der Waals surface area contributed by atoms with Crippen molar-refractivity contribution in [2.24, 2.45) is 5.92 Å². The Hall–Kier alpha value is -2.18. The van der Waals surface area contributed by atoms with E-state index in [-0.39, 0.29) is 0 Å². The molecule has 1 saturated heterocycles. The third-order valence-electron chi connectivity index (χ3n) is 6.59. The Kier molecular flexibility index (Phi) is 6.60. The molecule has 5 nitrogen and oxygen atoms in total. The van der Waals surface area contributed by atoms with E-state index in [1.54, 1.807) is 11.3 Å². The number of nitrogens with one attached hydrogen (secondary N) is 1. The van der Waals surface area contributed by atoms with Gasteiger partial charge in [0.2, 0.25) is 5.95 Å². The van der Waals surface area contributed by atoms with Crippen molar-refractivity contribution in [1.82, 2.24) is 15.0 Å². The van der Waals surface area contributed by atoms with Crippen LogP contribution in [0.2, 0.25) is 5.02 Å². The summed E-state index contributed by atoms with van der Waals surface area (Å²) in [6.07, 6.45) is 10.6. The number of thiazole rings is 1. The number of piperidine rings is 1. The Balaban J connectivity index is 1.50. The fourth-order valence-electron chi connectivity index (χ4n) is 4.63. The molecule has 32 heavy (non-hydrogen) atoms. The second-order valence-electron chi connectivity index (χ2n) is 9.10. The molecule has 3 heterocycles. The average molecular weight is 468 g/mol. The molecule has 0 unspecified atom stereocenters. The van der Waals surface area contributed by atoms with E-state index in [0.717, 1.165) is 51.0 Å². The predicted molar refractivity (Wildman–Crippen MR) is 135 cm³/mol. The summed E-state index contributed by atoms with van der Waals surface area (Å²) >= 11 is 8.06. The normalized spacial score (nSPS) is 18.1. The standard InChI is InChI=1S/C25H30ClN5S/c1-17-11-14-31(15-12-17)25-30-22(18-6-5-7-19(26)16-18)23(32-25)21-10-13-27-24(29-21)28-20-8-3-2-4-9-20/h5-7,10,13,16-17,20H,2-4,8-9,11-12,14-15H2,1H3,(H,27,28,29).